The lowest BCUT2D eigenvalue weighted by Gasteiger charge is -2.07. The third kappa shape index (κ3) is 3.78. The van der Waals surface area contributed by atoms with Gasteiger partial charge in [0.25, 0.3) is 0 Å². The molecule has 0 unspecified atom stereocenters. The van der Waals surface area contributed by atoms with Gasteiger partial charge in [0.1, 0.15) is 5.75 Å². The largest absolute Gasteiger partial charge is 0.507 e. The zero-order valence-corrected chi connectivity index (χ0v) is 17.1. The Morgan fingerprint density at radius 1 is 1.25 bits per heavy atom. The van der Waals surface area contributed by atoms with E-state index >= 15 is 0 Å². The van der Waals surface area contributed by atoms with Crippen molar-refractivity contribution in [1.29, 1.82) is 0 Å². The number of carbonyl (C=O) groups excluding carboxylic acids is 1. The minimum atomic E-state index is -0.182. The summed E-state index contributed by atoms with van der Waals surface area (Å²) in [6.07, 6.45) is 0. The maximum absolute atomic E-state index is 12.3. The van der Waals surface area contributed by atoms with Gasteiger partial charge in [0.15, 0.2) is 22.5 Å². The second kappa shape index (κ2) is 7.72. The maximum atomic E-state index is 12.3. The van der Waals surface area contributed by atoms with Gasteiger partial charge in [-0.2, -0.15) is 0 Å². The van der Waals surface area contributed by atoms with Crippen molar-refractivity contribution in [2.45, 2.75) is 5.16 Å². The third-order valence-electron chi connectivity index (χ3n) is 4.02. The lowest BCUT2D eigenvalue weighted by Crippen LogP contribution is -2.14. The average molecular weight is 463 g/mol. The number of hydrogen-bond acceptors (Lipinski definition) is 7. The van der Waals surface area contributed by atoms with Crippen LogP contribution >= 0.6 is 27.7 Å². The molecule has 28 heavy (non-hydrogen) atoms. The number of halogens is 1. The lowest BCUT2D eigenvalue weighted by atomic mass is 10.2. The monoisotopic (exact) mass is 462 g/mol. The zero-order chi connectivity index (χ0) is 19.7. The van der Waals surface area contributed by atoms with Crippen molar-refractivity contribution in [2.24, 2.45) is 7.05 Å². The summed E-state index contributed by atoms with van der Waals surface area (Å²) in [5.41, 5.74) is 1.19. The summed E-state index contributed by atoms with van der Waals surface area (Å²) < 4.78 is 13.1. The predicted molar refractivity (Wildman–Crippen MR) is 108 cm³/mol. The summed E-state index contributed by atoms with van der Waals surface area (Å²) >= 11 is 4.63. The van der Waals surface area contributed by atoms with Crippen LogP contribution in [-0.4, -0.2) is 38.3 Å². The van der Waals surface area contributed by atoms with Crippen LogP contribution in [0.3, 0.4) is 0 Å². The molecule has 0 aliphatic carbocycles. The van der Waals surface area contributed by atoms with Crippen LogP contribution in [0.25, 0.3) is 11.4 Å². The highest BCUT2D eigenvalue weighted by molar-refractivity contribution is 9.10. The highest BCUT2D eigenvalue weighted by Crippen LogP contribution is 2.34. The molecule has 1 amide bonds. The van der Waals surface area contributed by atoms with Crippen LogP contribution in [0, 0.1) is 0 Å². The molecule has 0 saturated heterocycles. The van der Waals surface area contributed by atoms with Gasteiger partial charge < -0.3 is 24.5 Å². The maximum Gasteiger partial charge on any atom is 0.234 e. The van der Waals surface area contributed by atoms with E-state index in [9.17, 15) is 9.90 Å². The first kappa shape index (κ1) is 18.6. The quantitative estimate of drug-likeness (QED) is 0.560. The Bertz CT molecular complexity index is 1060. The standard InChI is InChI=1S/C18H15BrN4O4S/c1-23-17(12-6-10(19)2-4-13(12)24)21-22-18(23)28-8-16(25)20-11-3-5-14-15(7-11)27-9-26-14/h2-7,24H,8-9H2,1H3,(H,20,25). The molecule has 0 bridgehead atoms. The van der Waals surface area contributed by atoms with Crippen LogP contribution in [0.1, 0.15) is 0 Å². The number of aromatic nitrogens is 3. The van der Waals surface area contributed by atoms with Gasteiger partial charge in [-0.3, -0.25) is 4.79 Å². The fraction of sp³-hybridized carbons (Fsp3) is 0.167. The van der Waals surface area contributed by atoms with Gasteiger partial charge in [0.2, 0.25) is 12.7 Å². The zero-order valence-electron chi connectivity index (χ0n) is 14.7. The highest BCUT2D eigenvalue weighted by Gasteiger charge is 2.17. The van der Waals surface area contributed by atoms with E-state index in [2.05, 4.69) is 31.4 Å². The van der Waals surface area contributed by atoms with Crippen LogP contribution in [-0.2, 0) is 11.8 Å². The Morgan fingerprint density at radius 3 is 2.93 bits per heavy atom. The summed E-state index contributed by atoms with van der Waals surface area (Å²) in [6.45, 7) is 0.185. The Labute approximate surface area is 173 Å². The Morgan fingerprint density at radius 2 is 2.07 bits per heavy atom. The van der Waals surface area contributed by atoms with Crippen LogP contribution in [0.2, 0.25) is 0 Å². The van der Waals surface area contributed by atoms with Gasteiger partial charge in [0, 0.05) is 23.3 Å². The number of anilines is 1. The molecule has 2 N–H and O–H groups in total. The molecule has 3 aromatic rings. The molecule has 0 radical (unpaired) electrons. The number of carbonyl (C=O) groups is 1. The molecule has 1 aromatic heterocycles. The van der Waals surface area contributed by atoms with E-state index in [0.29, 0.717) is 33.7 Å². The van der Waals surface area contributed by atoms with Gasteiger partial charge in [0.05, 0.1) is 11.3 Å². The van der Waals surface area contributed by atoms with E-state index in [0.717, 1.165) is 4.47 Å². The number of rotatable bonds is 5. The van der Waals surface area contributed by atoms with Gasteiger partial charge >= 0.3 is 0 Å². The first-order valence-corrected chi connectivity index (χ1v) is 9.99. The normalized spacial score (nSPS) is 12.2. The molecule has 2 heterocycles. The van der Waals surface area contributed by atoms with E-state index in [1.165, 1.54) is 11.8 Å². The molecular weight excluding hydrogens is 448 g/mol. The second-order valence-corrected chi connectivity index (χ2v) is 7.79. The molecule has 8 nitrogen and oxygen atoms in total. The molecule has 0 fully saturated rings. The van der Waals surface area contributed by atoms with E-state index in [-0.39, 0.29) is 24.2 Å². The number of aromatic hydroxyl groups is 1. The van der Waals surface area contributed by atoms with Gasteiger partial charge in [-0.25, -0.2) is 0 Å². The average Bonchev–Trinajstić information content (AvgIpc) is 3.28. The molecule has 2 aromatic carbocycles. The van der Waals surface area contributed by atoms with Gasteiger partial charge in [-0.15, -0.1) is 10.2 Å². The fourth-order valence-electron chi connectivity index (χ4n) is 2.66. The van der Waals surface area contributed by atoms with Crippen molar-refractivity contribution >= 4 is 39.3 Å². The summed E-state index contributed by atoms with van der Waals surface area (Å²) in [7, 11) is 1.79. The Hall–Kier alpha value is -2.72. The highest BCUT2D eigenvalue weighted by atomic mass is 79.9. The first-order valence-electron chi connectivity index (χ1n) is 8.22. The summed E-state index contributed by atoms with van der Waals surface area (Å²) in [4.78, 5) is 12.3. The number of phenolic OH excluding ortho intramolecular Hbond substituents is 1. The second-order valence-electron chi connectivity index (χ2n) is 5.93. The molecule has 1 aliphatic rings. The SMILES string of the molecule is Cn1c(SCC(=O)Nc2ccc3c(c2)OCO3)nnc1-c1cc(Br)ccc1O. The van der Waals surface area contributed by atoms with Crippen molar-refractivity contribution in [3.63, 3.8) is 0 Å². The third-order valence-corrected chi connectivity index (χ3v) is 5.54. The minimum Gasteiger partial charge on any atom is -0.507 e. The smallest absolute Gasteiger partial charge is 0.234 e. The number of fused-ring (bicyclic) bond motifs is 1. The van der Waals surface area contributed by atoms with Crippen LogP contribution in [0.5, 0.6) is 17.2 Å². The molecule has 0 atom stereocenters. The number of thioether (sulfide) groups is 1. The van der Waals surface area contributed by atoms with Crippen molar-refractivity contribution in [3.05, 3.63) is 40.9 Å². The number of hydrogen-bond donors (Lipinski definition) is 2. The number of ether oxygens (including phenoxy) is 2. The van der Waals surface area contributed by atoms with E-state index in [4.69, 9.17) is 9.47 Å². The number of phenols is 1. The van der Waals surface area contributed by atoms with E-state index in [1.807, 2.05) is 0 Å². The van der Waals surface area contributed by atoms with Crippen LogP contribution in [0.4, 0.5) is 5.69 Å². The van der Waals surface area contributed by atoms with Gasteiger partial charge in [-0.1, -0.05) is 27.7 Å². The molecule has 4 rings (SSSR count). The van der Waals surface area contributed by atoms with E-state index < -0.39 is 0 Å². The Balaban J connectivity index is 1.42. The summed E-state index contributed by atoms with van der Waals surface area (Å²) in [6, 6.07) is 10.3. The fourth-order valence-corrected chi connectivity index (χ4v) is 3.74. The van der Waals surface area contributed by atoms with Crippen molar-refractivity contribution < 1.29 is 19.4 Å². The van der Waals surface area contributed by atoms with Crippen LogP contribution in [0.15, 0.2) is 46.0 Å². The number of benzene rings is 2. The van der Waals surface area contributed by atoms with Crippen molar-refractivity contribution in [3.8, 4) is 28.6 Å². The Kier molecular flexibility index (Phi) is 5.14. The van der Waals surface area contributed by atoms with Crippen molar-refractivity contribution in [1.82, 2.24) is 14.8 Å². The predicted octanol–water partition coefficient (Wildman–Crippen LogP) is 3.41. The van der Waals surface area contributed by atoms with Crippen molar-refractivity contribution in [2.75, 3.05) is 17.9 Å². The molecule has 144 valence electrons. The molecule has 10 heteroatoms. The number of nitrogens with one attached hydrogen (secondary N) is 1. The number of nitrogens with zero attached hydrogens (tertiary/aromatic N) is 3. The first-order chi connectivity index (χ1) is 13.5. The molecule has 0 spiro atoms. The summed E-state index contributed by atoms with van der Waals surface area (Å²) in [5, 5.41) is 21.7. The minimum absolute atomic E-state index is 0.107. The molecule has 0 saturated carbocycles. The molecular formula is C18H15BrN4O4S. The topological polar surface area (TPSA) is 98.5 Å². The summed E-state index contributed by atoms with van der Waals surface area (Å²) in [5.74, 6) is 1.87. The lowest BCUT2D eigenvalue weighted by molar-refractivity contribution is -0.113. The van der Waals surface area contributed by atoms with E-state index in [1.54, 1.807) is 48.0 Å². The molecule has 1 aliphatic heterocycles. The van der Waals surface area contributed by atoms with Gasteiger partial charge in [-0.05, 0) is 30.3 Å². The van der Waals surface area contributed by atoms with Crippen LogP contribution < -0.4 is 14.8 Å². The number of amides is 1.